The molecule has 1 heterocycles. The van der Waals surface area contributed by atoms with Crippen LogP contribution in [0.1, 0.15) is 24.2 Å². The second-order valence-electron chi connectivity index (χ2n) is 4.82. The standard InChI is InChI=1S/C13H18N2O3/c1-8-7-15(9(2)6-14-8)13(18)11-5-10(16)3-4-12(11)17/h3-5,8-9,14,16-17H,6-7H2,1-2H3. The van der Waals surface area contributed by atoms with Crippen molar-refractivity contribution in [3.05, 3.63) is 23.8 Å². The quantitative estimate of drug-likeness (QED) is 0.648. The summed E-state index contributed by atoms with van der Waals surface area (Å²) in [4.78, 5) is 14.1. The maximum Gasteiger partial charge on any atom is 0.258 e. The van der Waals surface area contributed by atoms with Gasteiger partial charge in [-0.15, -0.1) is 0 Å². The predicted octanol–water partition coefficient (Wildman–Crippen LogP) is 0.920. The molecule has 1 aliphatic heterocycles. The lowest BCUT2D eigenvalue weighted by atomic mass is 10.1. The molecule has 0 bridgehead atoms. The van der Waals surface area contributed by atoms with Crippen LogP contribution in [0.4, 0.5) is 0 Å². The summed E-state index contributed by atoms with van der Waals surface area (Å²) in [5.41, 5.74) is 0.149. The fourth-order valence-electron chi connectivity index (χ4n) is 2.15. The van der Waals surface area contributed by atoms with Crippen molar-refractivity contribution in [1.82, 2.24) is 10.2 Å². The van der Waals surface area contributed by atoms with Crippen LogP contribution in [0.2, 0.25) is 0 Å². The summed E-state index contributed by atoms with van der Waals surface area (Å²) in [5, 5.41) is 22.4. The molecule has 0 radical (unpaired) electrons. The molecule has 1 fully saturated rings. The van der Waals surface area contributed by atoms with Crippen molar-refractivity contribution in [2.24, 2.45) is 0 Å². The van der Waals surface area contributed by atoms with E-state index in [1.165, 1.54) is 18.2 Å². The van der Waals surface area contributed by atoms with Gasteiger partial charge in [0.1, 0.15) is 11.5 Å². The van der Waals surface area contributed by atoms with Crippen molar-refractivity contribution in [2.45, 2.75) is 25.9 Å². The SMILES string of the molecule is CC1CN(C(=O)c2cc(O)ccc2O)C(C)CN1. The summed E-state index contributed by atoms with van der Waals surface area (Å²) in [6, 6.07) is 4.28. The average molecular weight is 250 g/mol. The molecule has 1 aliphatic rings. The summed E-state index contributed by atoms with van der Waals surface area (Å²) in [7, 11) is 0. The monoisotopic (exact) mass is 250 g/mol. The zero-order chi connectivity index (χ0) is 13.3. The molecule has 1 aromatic carbocycles. The lowest BCUT2D eigenvalue weighted by molar-refractivity contribution is 0.0613. The van der Waals surface area contributed by atoms with Crippen LogP contribution in [-0.4, -0.2) is 46.2 Å². The topological polar surface area (TPSA) is 72.8 Å². The van der Waals surface area contributed by atoms with Crippen molar-refractivity contribution in [2.75, 3.05) is 13.1 Å². The first kappa shape index (κ1) is 12.7. The number of nitrogens with one attached hydrogen (secondary N) is 1. The summed E-state index contributed by atoms with van der Waals surface area (Å²) in [6.45, 7) is 5.28. The van der Waals surface area contributed by atoms with E-state index in [0.717, 1.165) is 6.54 Å². The number of rotatable bonds is 1. The Labute approximate surface area is 106 Å². The van der Waals surface area contributed by atoms with Crippen molar-refractivity contribution in [1.29, 1.82) is 0 Å². The summed E-state index contributed by atoms with van der Waals surface area (Å²) >= 11 is 0. The summed E-state index contributed by atoms with van der Waals surface area (Å²) in [6.07, 6.45) is 0. The van der Waals surface area contributed by atoms with Crippen LogP contribution >= 0.6 is 0 Å². The maximum atomic E-state index is 12.4. The zero-order valence-corrected chi connectivity index (χ0v) is 10.6. The highest BCUT2D eigenvalue weighted by molar-refractivity contribution is 5.97. The second kappa shape index (κ2) is 4.86. The van der Waals surface area contributed by atoms with Gasteiger partial charge < -0.3 is 20.4 Å². The van der Waals surface area contributed by atoms with Gasteiger partial charge in [0.15, 0.2) is 0 Å². The van der Waals surface area contributed by atoms with Crippen molar-refractivity contribution in [3.8, 4) is 11.5 Å². The van der Waals surface area contributed by atoms with E-state index in [1.54, 1.807) is 4.90 Å². The molecular formula is C13H18N2O3. The molecule has 5 nitrogen and oxygen atoms in total. The van der Waals surface area contributed by atoms with Crippen LogP contribution < -0.4 is 5.32 Å². The fourth-order valence-corrected chi connectivity index (χ4v) is 2.15. The smallest absolute Gasteiger partial charge is 0.258 e. The molecule has 18 heavy (non-hydrogen) atoms. The second-order valence-corrected chi connectivity index (χ2v) is 4.82. The van der Waals surface area contributed by atoms with Crippen LogP contribution in [0.3, 0.4) is 0 Å². The molecule has 1 amide bonds. The molecule has 3 N–H and O–H groups in total. The van der Waals surface area contributed by atoms with E-state index in [9.17, 15) is 15.0 Å². The molecule has 0 aromatic heterocycles. The summed E-state index contributed by atoms with van der Waals surface area (Å²) in [5.74, 6) is -0.368. The molecule has 5 heteroatoms. The number of benzene rings is 1. The number of hydrogen-bond acceptors (Lipinski definition) is 4. The fraction of sp³-hybridized carbons (Fsp3) is 0.462. The molecule has 2 atom stereocenters. The number of nitrogens with zero attached hydrogens (tertiary/aromatic N) is 1. The Kier molecular flexibility index (Phi) is 3.43. The summed E-state index contributed by atoms with van der Waals surface area (Å²) < 4.78 is 0. The molecular weight excluding hydrogens is 232 g/mol. The third-order valence-corrected chi connectivity index (χ3v) is 3.24. The first-order valence-electron chi connectivity index (χ1n) is 6.05. The normalized spacial score (nSPS) is 24.0. The molecule has 2 unspecified atom stereocenters. The number of carbonyl (C=O) groups excluding carboxylic acids is 1. The molecule has 0 aliphatic carbocycles. The van der Waals surface area contributed by atoms with E-state index < -0.39 is 0 Å². The van der Waals surface area contributed by atoms with Crippen molar-refractivity contribution >= 4 is 5.91 Å². The number of amides is 1. The van der Waals surface area contributed by atoms with E-state index in [2.05, 4.69) is 5.32 Å². The van der Waals surface area contributed by atoms with Gasteiger partial charge in [0.05, 0.1) is 5.56 Å². The van der Waals surface area contributed by atoms with Gasteiger partial charge in [0, 0.05) is 25.2 Å². The molecule has 98 valence electrons. The van der Waals surface area contributed by atoms with E-state index in [-0.39, 0.29) is 35.1 Å². The third-order valence-electron chi connectivity index (χ3n) is 3.24. The number of phenols is 2. The molecule has 0 spiro atoms. The van der Waals surface area contributed by atoms with Gasteiger partial charge in [0.2, 0.25) is 0 Å². The first-order valence-corrected chi connectivity index (χ1v) is 6.05. The maximum absolute atomic E-state index is 12.4. The Hall–Kier alpha value is -1.75. The van der Waals surface area contributed by atoms with Gasteiger partial charge in [0.25, 0.3) is 5.91 Å². The Morgan fingerprint density at radius 2 is 2.11 bits per heavy atom. The van der Waals surface area contributed by atoms with Crippen LogP contribution in [0.25, 0.3) is 0 Å². The highest BCUT2D eigenvalue weighted by Gasteiger charge is 2.28. The zero-order valence-electron chi connectivity index (χ0n) is 10.6. The number of aromatic hydroxyl groups is 2. The van der Waals surface area contributed by atoms with Gasteiger partial charge in [-0.3, -0.25) is 4.79 Å². The van der Waals surface area contributed by atoms with Gasteiger partial charge in [-0.25, -0.2) is 0 Å². The Bertz CT molecular complexity index is 462. The average Bonchev–Trinajstić information content (AvgIpc) is 2.34. The molecule has 2 rings (SSSR count). The van der Waals surface area contributed by atoms with Crippen molar-refractivity contribution < 1.29 is 15.0 Å². The number of hydrogen-bond donors (Lipinski definition) is 3. The van der Waals surface area contributed by atoms with Crippen LogP contribution in [0.15, 0.2) is 18.2 Å². The lowest BCUT2D eigenvalue weighted by Crippen LogP contribution is -2.56. The minimum atomic E-state index is -0.246. The van der Waals surface area contributed by atoms with E-state index in [1.807, 2.05) is 13.8 Å². The molecule has 0 saturated carbocycles. The van der Waals surface area contributed by atoms with Crippen LogP contribution in [-0.2, 0) is 0 Å². The number of carbonyl (C=O) groups is 1. The van der Waals surface area contributed by atoms with Crippen LogP contribution in [0, 0.1) is 0 Å². The number of piperazine rings is 1. The third kappa shape index (κ3) is 2.41. The Balaban J connectivity index is 2.27. The highest BCUT2D eigenvalue weighted by atomic mass is 16.3. The number of phenolic OH excluding ortho intramolecular Hbond substituents is 2. The van der Waals surface area contributed by atoms with Crippen LogP contribution in [0.5, 0.6) is 11.5 Å². The van der Waals surface area contributed by atoms with E-state index >= 15 is 0 Å². The first-order chi connectivity index (χ1) is 8.49. The van der Waals surface area contributed by atoms with Gasteiger partial charge in [-0.1, -0.05) is 0 Å². The lowest BCUT2D eigenvalue weighted by Gasteiger charge is -2.37. The Morgan fingerprint density at radius 1 is 1.39 bits per heavy atom. The van der Waals surface area contributed by atoms with Crippen molar-refractivity contribution in [3.63, 3.8) is 0 Å². The largest absolute Gasteiger partial charge is 0.508 e. The van der Waals surface area contributed by atoms with Gasteiger partial charge in [-0.05, 0) is 32.0 Å². The minimum Gasteiger partial charge on any atom is -0.508 e. The Morgan fingerprint density at radius 3 is 2.83 bits per heavy atom. The van der Waals surface area contributed by atoms with E-state index in [0.29, 0.717) is 6.54 Å². The van der Waals surface area contributed by atoms with E-state index in [4.69, 9.17) is 0 Å². The predicted molar refractivity (Wildman–Crippen MR) is 67.7 cm³/mol. The molecule has 1 saturated heterocycles. The molecule has 1 aromatic rings. The van der Waals surface area contributed by atoms with Gasteiger partial charge in [-0.2, -0.15) is 0 Å². The minimum absolute atomic E-state index is 0.0213. The highest BCUT2D eigenvalue weighted by Crippen LogP contribution is 2.24. The van der Waals surface area contributed by atoms with Gasteiger partial charge >= 0.3 is 0 Å².